The predicted molar refractivity (Wildman–Crippen MR) is 84.3 cm³/mol. The van der Waals surface area contributed by atoms with Crippen molar-refractivity contribution < 1.29 is 4.74 Å². The molecular weight excluding hydrogens is 326 g/mol. The molecule has 0 aliphatic heterocycles. The summed E-state index contributed by atoms with van der Waals surface area (Å²) in [6.45, 7) is 0.865. The van der Waals surface area contributed by atoms with E-state index in [1.165, 1.54) is 5.56 Å². The maximum absolute atomic E-state index is 6.04. The van der Waals surface area contributed by atoms with Crippen LogP contribution in [0.3, 0.4) is 0 Å². The highest BCUT2D eigenvalue weighted by atomic mass is 79.9. The molecule has 2 aromatic rings. The van der Waals surface area contributed by atoms with Gasteiger partial charge in [0.2, 0.25) is 0 Å². The van der Waals surface area contributed by atoms with Gasteiger partial charge >= 0.3 is 0 Å². The van der Waals surface area contributed by atoms with Crippen molar-refractivity contribution in [2.75, 3.05) is 19.0 Å². The van der Waals surface area contributed by atoms with Crippen LogP contribution in [0.1, 0.15) is 5.56 Å². The van der Waals surface area contributed by atoms with Crippen LogP contribution in [0.2, 0.25) is 5.02 Å². The van der Waals surface area contributed by atoms with Gasteiger partial charge in [-0.05, 0) is 58.2 Å². The smallest absolute Gasteiger partial charge is 0.118 e. The number of rotatable bonds is 5. The average molecular weight is 341 g/mol. The lowest BCUT2D eigenvalue weighted by Gasteiger charge is -2.08. The summed E-state index contributed by atoms with van der Waals surface area (Å²) in [4.78, 5) is 0. The molecule has 4 heteroatoms. The number of ether oxygens (including phenoxy) is 1. The Kier molecular flexibility index (Phi) is 5.11. The Morgan fingerprint density at radius 1 is 1.16 bits per heavy atom. The molecule has 0 aromatic heterocycles. The molecule has 0 saturated carbocycles. The molecule has 100 valence electrons. The van der Waals surface area contributed by atoms with Crippen LogP contribution in [0.15, 0.2) is 46.9 Å². The van der Waals surface area contributed by atoms with Crippen molar-refractivity contribution in [3.05, 3.63) is 57.5 Å². The third-order valence-electron chi connectivity index (χ3n) is 2.82. The summed E-state index contributed by atoms with van der Waals surface area (Å²) < 4.78 is 6.04. The van der Waals surface area contributed by atoms with Crippen molar-refractivity contribution in [3.8, 4) is 5.75 Å². The Labute approximate surface area is 126 Å². The van der Waals surface area contributed by atoms with Gasteiger partial charge in [-0.25, -0.2) is 0 Å². The molecule has 0 saturated heterocycles. The normalized spacial score (nSPS) is 10.3. The highest BCUT2D eigenvalue weighted by Crippen LogP contribution is 2.25. The van der Waals surface area contributed by atoms with Crippen LogP contribution in [0.5, 0.6) is 5.75 Å². The SMILES string of the molecule is COc1ccc(CCNc2ccc(Br)c(Cl)c2)cc1. The maximum atomic E-state index is 6.04. The Balaban J connectivity index is 1.86. The highest BCUT2D eigenvalue weighted by molar-refractivity contribution is 9.10. The number of anilines is 1. The Hall–Kier alpha value is -1.19. The summed E-state index contributed by atoms with van der Waals surface area (Å²) in [6, 6.07) is 14.0. The van der Waals surface area contributed by atoms with Gasteiger partial charge in [0.15, 0.2) is 0 Å². The summed E-state index contributed by atoms with van der Waals surface area (Å²) in [7, 11) is 1.67. The zero-order chi connectivity index (χ0) is 13.7. The van der Waals surface area contributed by atoms with Gasteiger partial charge in [0.05, 0.1) is 12.1 Å². The zero-order valence-electron chi connectivity index (χ0n) is 10.6. The minimum absolute atomic E-state index is 0.717. The molecule has 0 unspecified atom stereocenters. The van der Waals surface area contributed by atoms with E-state index < -0.39 is 0 Å². The van der Waals surface area contributed by atoms with Crippen molar-refractivity contribution in [2.45, 2.75) is 6.42 Å². The van der Waals surface area contributed by atoms with E-state index in [0.717, 1.165) is 33.9 Å². The summed E-state index contributed by atoms with van der Waals surface area (Å²) in [5, 5.41) is 4.07. The maximum Gasteiger partial charge on any atom is 0.118 e. The number of hydrogen-bond acceptors (Lipinski definition) is 2. The van der Waals surface area contributed by atoms with Gasteiger partial charge in [0.25, 0.3) is 0 Å². The third-order valence-corrected chi connectivity index (χ3v) is 4.05. The third kappa shape index (κ3) is 4.15. The second kappa shape index (κ2) is 6.83. The number of methoxy groups -OCH3 is 1. The first-order chi connectivity index (χ1) is 9.19. The first-order valence-electron chi connectivity index (χ1n) is 6.01. The lowest BCUT2D eigenvalue weighted by atomic mass is 10.1. The van der Waals surface area contributed by atoms with Crippen molar-refractivity contribution in [1.29, 1.82) is 0 Å². The van der Waals surface area contributed by atoms with E-state index >= 15 is 0 Å². The molecule has 1 N–H and O–H groups in total. The fourth-order valence-corrected chi connectivity index (χ4v) is 2.18. The fraction of sp³-hybridized carbons (Fsp3) is 0.200. The number of hydrogen-bond donors (Lipinski definition) is 1. The molecule has 0 amide bonds. The molecule has 2 nitrogen and oxygen atoms in total. The number of benzene rings is 2. The standard InChI is InChI=1S/C15H15BrClNO/c1-19-13-5-2-11(3-6-13)8-9-18-12-4-7-14(16)15(17)10-12/h2-7,10,18H,8-9H2,1H3. The van der Waals surface area contributed by atoms with Crippen molar-refractivity contribution in [3.63, 3.8) is 0 Å². The van der Waals surface area contributed by atoms with Gasteiger partial charge in [-0.1, -0.05) is 23.7 Å². The lowest BCUT2D eigenvalue weighted by Crippen LogP contribution is -2.04. The van der Waals surface area contributed by atoms with Crippen LogP contribution in [0.25, 0.3) is 0 Å². The van der Waals surface area contributed by atoms with Crippen molar-refractivity contribution in [1.82, 2.24) is 0 Å². The summed E-state index contributed by atoms with van der Waals surface area (Å²) >= 11 is 9.42. The van der Waals surface area contributed by atoms with Crippen LogP contribution in [-0.2, 0) is 6.42 Å². The van der Waals surface area contributed by atoms with E-state index in [1.807, 2.05) is 30.3 Å². The molecule has 2 rings (SSSR count). The van der Waals surface area contributed by atoms with E-state index in [-0.39, 0.29) is 0 Å². The largest absolute Gasteiger partial charge is 0.497 e. The summed E-state index contributed by atoms with van der Waals surface area (Å²) in [6.07, 6.45) is 0.956. The first kappa shape index (κ1) is 14.2. The second-order valence-electron chi connectivity index (χ2n) is 4.15. The molecular formula is C15H15BrClNO. The van der Waals surface area contributed by atoms with Crippen LogP contribution < -0.4 is 10.1 Å². The molecule has 0 aliphatic carbocycles. The molecule has 0 aliphatic rings. The van der Waals surface area contributed by atoms with E-state index in [2.05, 4.69) is 33.4 Å². The fourth-order valence-electron chi connectivity index (χ4n) is 1.75. The molecule has 0 atom stereocenters. The molecule has 0 radical (unpaired) electrons. The molecule has 2 aromatic carbocycles. The predicted octanol–water partition coefficient (Wildman–Crippen LogP) is 4.77. The monoisotopic (exact) mass is 339 g/mol. The van der Waals surface area contributed by atoms with E-state index in [4.69, 9.17) is 16.3 Å². The van der Waals surface area contributed by atoms with Gasteiger partial charge in [-0.2, -0.15) is 0 Å². The van der Waals surface area contributed by atoms with Gasteiger partial charge in [0.1, 0.15) is 5.75 Å². The van der Waals surface area contributed by atoms with Crippen LogP contribution in [0.4, 0.5) is 5.69 Å². The van der Waals surface area contributed by atoms with E-state index in [0.29, 0.717) is 0 Å². The molecule has 0 fully saturated rings. The molecule has 0 bridgehead atoms. The minimum atomic E-state index is 0.717. The Bertz CT molecular complexity index is 542. The average Bonchev–Trinajstić information content (AvgIpc) is 2.43. The van der Waals surface area contributed by atoms with Gasteiger partial charge < -0.3 is 10.1 Å². The topological polar surface area (TPSA) is 21.3 Å². The number of halogens is 2. The Morgan fingerprint density at radius 2 is 1.89 bits per heavy atom. The van der Waals surface area contributed by atoms with Gasteiger partial charge in [0, 0.05) is 16.7 Å². The minimum Gasteiger partial charge on any atom is -0.497 e. The van der Waals surface area contributed by atoms with Crippen molar-refractivity contribution >= 4 is 33.2 Å². The summed E-state index contributed by atoms with van der Waals surface area (Å²) in [5.74, 6) is 0.886. The zero-order valence-corrected chi connectivity index (χ0v) is 13.0. The van der Waals surface area contributed by atoms with Crippen LogP contribution in [-0.4, -0.2) is 13.7 Å². The molecule has 19 heavy (non-hydrogen) atoms. The summed E-state index contributed by atoms with van der Waals surface area (Å²) in [5.41, 5.74) is 2.30. The molecule has 0 spiro atoms. The van der Waals surface area contributed by atoms with E-state index in [1.54, 1.807) is 7.11 Å². The van der Waals surface area contributed by atoms with Crippen LogP contribution >= 0.6 is 27.5 Å². The number of nitrogens with one attached hydrogen (secondary N) is 1. The quantitative estimate of drug-likeness (QED) is 0.847. The van der Waals surface area contributed by atoms with Gasteiger partial charge in [-0.15, -0.1) is 0 Å². The highest BCUT2D eigenvalue weighted by Gasteiger charge is 1.99. The molecule has 0 heterocycles. The second-order valence-corrected chi connectivity index (χ2v) is 5.42. The van der Waals surface area contributed by atoms with Crippen molar-refractivity contribution in [2.24, 2.45) is 0 Å². The first-order valence-corrected chi connectivity index (χ1v) is 7.18. The Morgan fingerprint density at radius 3 is 2.53 bits per heavy atom. The lowest BCUT2D eigenvalue weighted by molar-refractivity contribution is 0.414. The van der Waals surface area contributed by atoms with E-state index in [9.17, 15) is 0 Å². The van der Waals surface area contributed by atoms with Gasteiger partial charge in [-0.3, -0.25) is 0 Å². The van der Waals surface area contributed by atoms with Crippen LogP contribution in [0, 0.1) is 0 Å².